The zero-order valence-electron chi connectivity index (χ0n) is 12.0. The standard InChI is InChI=1S/C15H13N3O2S2/c1-20-12-10-6-4-3-5-9(10)7-8-11(12)13(19)16-14-17-18-15(21-2)22-14/h3-8H,1-2H3,(H,16,17,19). The number of carbonyl (C=O) groups excluding carboxylic acids is 1. The number of aromatic nitrogens is 2. The molecular formula is C15H13N3O2S2. The summed E-state index contributed by atoms with van der Waals surface area (Å²) in [6.45, 7) is 0. The maximum atomic E-state index is 12.5. The molecule has 3 rings (SSSR count). The lowest BCUT2D eigenvalue weighted by Gasteiger charge is -2.11. The van der Waals surface area contributed by atoms with Crippen LogP contribution in [0.4, 0.5) is 5.13 Å². The Balaban J connectivity index is 1.96. The quantitative estimate of drug-likeness (QED) is 0.584. The minimum absolute atomic E-state index is 0.258. The molecule has 5 nitrogen and oxygen atoms in total. The molecular weight excluding hydrogens is 318 g/mol. The van der Waals surface area contributed by atoms with E-state index in [0.717, 1.165) is 15.1 Å². The van der Waals surface area contributed by atoms with Gasteiger partial charge in [-0.15, -0.1) is 10.2 Å². The number of carbonyl (C=O) groups is 1. The topological polar surface area (TPSA) is 64.1 Å². The van der Waals surface area contributed by atoms with Crippen LogP contribution in [0.3, 0.4) is 0 Å². The number of rotatable bonds is 4. The Labute approximate surface area is 135 Å². The molecule has 0 saturated carbocycles. The highest BCUT2D eigenvalue weighted by Gasteiger charge is 2.16. The van der Waals surface area contributed by atoms with Gasteiger partial charge in [-0.2, -0.15) is 0 Å². The Morgan fingerprint density at radius 1 is 1.23 bits per heavy atom. The maximum absolute atomic E-state index is 12.5. The number of hydrogen-bond donors (Lipinski definition) is 1. The molecule has 0 atom stereocenters. The van der Waals surface area contributed by atoms with Crippen molar-refractivity contribution in [2.24, 2.45) is 0 Å². The predicted octanol–water partition coefficient (Wildman–Crippen LogP) is 3.67. The van der Waals surface area contributed by atoms with Crippen LogP contribution in [-0.2, 0) is 0 Å². The summed E-state index contributed by atoms with van der Waals surface area (Å²) < 4.78 is 6.25. The van der Waals surface area contributed by atoms with Crippen LogP contribution in [0.1, 0.15) is 10.4 Å². The SMILES string of the molecule is COc1c(C(=O)Nc2nnc(SC)s2)ccc2ccccc12. The van der Waals surface area contributed by atoms with Gasteiger partial charge in [0.15, 0.2) is 4.34 Å². The number of nitrogens with one attached hydrogen (secondary N) is 1. The molecule has 0 aliphatic heterocycles. The summed E-state index contributed by atoms with van der Waals surface area (Å²) in [5.74, 6) is 0.302. The van der Waals surface area contributed by atoms with Crippen LogP contribution in [-0.4, -0.2) is 29.5 Å². The average Bonchev–Trinajstić information content (AvgIpc) is 3.01. The van der Waals surface area contributed by atoms with E-state index in [2.05, 4.69) is 15.5 Å². The molecule has 0 unspecified atom stereocenters. The average molecular weight is 331 g/mol. The van der Waals surface area contributed by atoms with Gasteiger partial charge in [-0.3, -0.25) is 10.1 Å². The van der Waals surface area contributed by atoms with Crippen molar-refractivity contribution in [3.8, 4) is 5.75 Å². The molecule has 0 aliphatic carbocycles. The minimum Gasteiger partial charge on any atom is -0.495 e. The van der Waals surface area contributed by atoms with Crippen LogP contribution in [0, 0.1) is 0 Å². The summed E-state index contributed by atoms with van der Waals surface area (Å²) in [6.07, 6.45) is 1.92. The van der Waals surface area contributed by atoms with E-state index in [1.54, 1.807) is 13.2 Å². The Hall–Kier alpha value is -2.12. The fourth-order valence-corrected chi connectivity index (χ4v) is 3.31. The second-order valence-corrected chi connectivity index (χ2v) is 6.43. The summed E-state index contributed by atoms with van der Waals surface area (Å²) >= 11 is 2.83. The van der Waals surface area contributed by atoms with E-state index in [1.807, 2.05) is 36.6 Å². The number of anilines is 1. The van der Waals surface area contributed by atoms with Gasteiger partial charge in [0.25, 0.3) is 5.91 Å². The van der Waals surface area contributed by atoms with E-state index in [9.17, 15) is 4.79 Å². The molecule has 7 heteroatoms. The lowest BCUT2D eigenvalue weighted by Crippen LogP contribution is -2.13. The molecule has 0 radical (unpaired) electrons. The predicted molar refractivity (Wildman–Crippen MR) is 90.1 cm³/mol. The molecule has 112 valence electrons. The summed E-state index contributed by atoms with van der Waals surface area (Å²) in [6, 6.07) is 11.4. The molecule has 0 saturated heterocycles. The van der Waals surface area contributed by atoms with E-state index in [-0.39, 0.29) is 5.91 Å². The van der Waals surface area contributed by atoms with Crippen molar-refractivity contribution in [1.82, 2.24) is 10.2 Å². The van der Waals surface area contributed by atoms with E-state index < -0.39 is 0 Å². The van der Waals surface area contributed by atoms with Crippen LogP contribution < -0.4 is 10.1 Å². The fourth-order valence-electron chi connectivity index (χ4n) is 2.15. The maximum Gasteiger partial charge on any atom is 0.261 e. The highest BCUT2D eigenvalue weighted by molar-refractivity contribution is 8.00. The Morgan fingerprint density at radius 3 is 2.77 bits per heavy atom. The monoisotopic (exact) mass is 331 g/mol. The first-order valence-electron chi connectivity index (χ1n) is 6.47. The number of nitrogens with zero attached hydrogens (tertiary/aromatic N) is 2. The number of methoxy groups -OCH3 is 1. The van der Waals surface area contributed by atoms with Crippen molar-refractivity contribution < 1.29 is 9.53 Å². The fraction of sp³-hybridized carbons (Fsp3) is 0.133. The van der Waals surface area contributed by atoms with Crippen molar-refractivity contribution in [3.63, 3.8) is 0 Å². The number of fused-ring (bicyclic) bond motifs is 1. The second-order valence-electron chi connectivity index (χ2n) is 4.40. The summed E-state index contributed by atoms with van der Waals surface area (Å²) in [5.41, 5.74) is 0.474. The summed E-state index contributed by atoms with van der Waals surface area (Å²) in [4.78, 5) is 12.5. The lowest BCUT2D eigenvalue weighted by molar-refractivity contribution is 0.102. The van der Waals surface area contributed by atoms with Gasteiger partial charge in [-0.1, -0.05) is 53.4 Å². The van der Waals surface area contributed by atoms with Crippen LogP contribution in [0.15, 0.2) is 40.7 Å². The molecule has 1 aromatic heterocycles. The zero-order chi connectivity index (χ0) is 15.5. The number of ether oxygens (including phenoxy) is 1. The van der Waals surface area contributed by atoms with Gasteiger partial charge in [-0.25, -0.2) is 0 Å². The lowest BCUT2D eigenvalue weighted by atomic mass is 10.0. The van der Waals surface area contributed by atoms with Crippen molar-refractivity contribution in [2.75, 3.05) is 18.7 Å². The first kappa shape index (κ1) is 14.8. The number of thioether (sulfide) groups is 1. The van der Waals surface area contributed by atoms with Crippen LogP contribution >= 0.6 is 23.1 Å². The van der Waals surface area contributed by atoms with E-state index in [4.69, 9.17) is 4.74 Å². The third kappa shape index (κ3) is 2.77. The van der Waals surface area contributed by atoms with Gasteiger partial charge in [0.2, 0.25) is 5.13 Å². The molecule has 0 bridgehead atoms. The van der Waals surface area contributed by atoms with Gasteiger partial charge in [0.05, 0.1) is 12.7 Å². The van der Waals surface area contributed by atoms with E-state index in [0.29, 0.717) is 16.4 Å². The van der Waals surface area contributed by atoms with Crippen molar-refractivity contribution in [1.29, 1.82) is 0 Å². The summed E-state index contributed by atoms with van der Waals surface area (Å²) in [5, 5.41) is 13.1. The highest BCUT2D eigenvalue weighted by Crippen LogP contribution is 2.31. The molecule has 2 aromatic carbocycles. The first-order chi connectivity index (χ1) is 10.7. The van der Waals surface area contributed by atoms with Gasteiger partial charge >= 0.3 is 0 Å². The Bertz CT molecular complexity index is 833. The smallest absolute Gasteiger partial charge is 0.261 e. The van der Waals surface area contributed by atoms with E-state index in [1.165, 1.54) is 23.1 Å². The Morgan fingerprint density at radius 2 is 2.05 bits per heavy atom. The first-order valence-corrected chi connectivity index (χ1v) is 8.51. The third-order valence-electron chi connectivity index (χ3n) is 3.13. The van der Waals surface area contributed by atoms with Crippen molar-refractivity contribution in [2.45, 2.75) is 4.34 Å². The molecule has 22 heavy (non-hydrogen) atoms. The molecule has 1 amide bonds. The van der Waals surface area contributed by atoms with Gasteiger partial charge in [0.1, 0.15) is 5.75 Å². The van der Waals surface area contributed by atoms with Gasteiger partial charge in [-0.05, 0) is 17.7 Å². The number of hydrogen-bond acceptors (Lipinski definition) is 6. The van der Waals surface area contributed by atoms with Crippen LogP contribution in [0.25, 0.3) is 10.8 Å². The largest absolute Gasteiger partial charge is 0.495 e. The Kier molecular flexibility index (Phi) is 4.26. The van der Waals surface area contributed by atoms with Crippen molar-refractivity contribution in [3.05, 3.63) is 42.0 Å². The van der Waals surface area contributed by atoms with Gasteiger partial charge < -0.3 is 4.74 Å². The number of benzene rings is 2. The number of amides is 1. The third-order valence-corrected chi connectivity index (χ3v) is 4.94. The molecule has 0 fully saturated rings. The van der Waals surface area contributed by atoms with Gasteiger partial charge in [0, 0.05) is 5.39 Å². The molecule has 1 N–H and O–H groups in total. The van der Waals surface area contributed by atoms with Crippen LogP contribution in [0.2, 0.25) is 0 Å². The second kappa shape index (κ2) is 6.33. The molecule has 0 spiro atoms. The minimum atomic E-state index is -0.258. The van der Waals surface area contributed by atoms with Crippen LogP contribution in [0.5, 0.6) is 5.75 Å². The summed E-state index contributed by atoms with van der Waals surface area (Å²) in [7, 11) is 1.56. The van der Waals surface area contributed by atoms with E-state index >= 15 is 0 Å². The molecule has 1 heterocycles. The molecule has 3 aromatic rings. The normalized spacial score (nSPS) is 10.6. The van der Waals surface area contributed by atoms with Crippen molar-refractivity contribution >= 4 is 44.9 Å². The highest BCUT2D eigenvalue weighted by atomic mass is 32.2. The zero-order valence-corrected chi connectivity index (χ0v) is 13.6. The molecule has 0 aliphatic rings.